The van der Waals surface area contributed by atoms with Gasteiger partial charge < -0.3 is 29.0 Å². The quantitative estimate of drug-likeness (QED) is 0.260. The number of hydrogen-bond donors (Lipinski definition) is 2. The van der Waals surface area contributed by atoms with E-state index in [0.29, 0.717) is 30.0 Å². The molecule has 0 spiro atoms. The highest BCUT2D eigenvalue weighted by Gasteiger charge is 2.45. The lowest BCUT2D eigenvalue weighted by molar-refractivity contribution is -0.858. The van der Waals surface area contributed by atoms with Gasteiger partial charge in [0.1, 0.15) is 17.5 Å². The first-order valence-electron chi connectivity index (χ1n) is 10.6. The van der Waals surface area contributed by atoms with Crippen molar-refractivity contribution in [1.29, 1.82) is 0 Å². The standard InChI is InChI=1S/C23H29N3O6/c1-6-31-23(30)18-13(2)16(14(3)24-18)20(27)17-19(15-9-7-12-32-15)26(22(29)21(17)28)11-8-10-25(4)5/h7,9,12,19,24,27H,6,8,10-11H2,1-5H3. The van der Waals surface area contributed by atoms with Gasteiger partial charge in [-0.05, 0) is 44.0 Å². The Hall–Kier alpha value is -3.33. The zero-order chi connectivity index (χ0) is 23.6. The molecule has 0 aromatic carbocycles. The summed E-state index contributed by atoms with van der Waals surface area (Å²) in [6.07, 6.45) is 2.10. The van der Waals surface area contributed by atoms with Crippen LogP contribution in [0.25, 0.3) is 5.76 Å². The van der Waals surface area contributed by atoms with Crippen molar-refractivity contribution in [2.45, 2.75) is 33.2 Å². The average molecular weight is 444 g/mol. The third-order valence-electron chi connectivity index (χ3n) is 5.56. The number of H-pyrrole nitrogens is 1. The number of aromatic amines is 1. The molecule has 32 heavy (non-hydrogen) atoms. The first-order valence-corrected chi connectivity index (χ1v) is 10.6. The van der Waals surface area contributed by atoms with E-state index in [1.54, 1.807) is 32.9 Å². The summed E-state index contributed by atoms with van der Waals surface area (Å²) in [7, 11) is 4.00. The van der Waals surface area contributed by atoms with Gasteiger partial charge in [0.05, 0.1) is 33.5 Å². The summed E-state index contributed by atoms with van der Waals surface area (Å²) in [6, 6.07) is 2.39. The highest BCUT2D eigenvalue weighted by molar-refractivity contribution is 6.46. The summed E-state index contributed by atoms with van der Waals surface area (Å²) in [5.74, 6) is -2.39. The molecular formula is C23H29N3O6. The summed E-state index contributed by atoms with van der Waals surface area (Å²) in [6.45, 7) is 6.25. The molecule has 9 heteroatoms. The molecule has 0 bridgehead atoms. The molecule has 0 saturated carbocycles. The number of carbonyl (C=O) groups excluding carboxylic acids is 3. The predicted molar refractivity (Wildman–Crippen MR) is 114 cm³/mol. The monoisotopic (exact) mass is 443 g/mol. The van der Waals surface area contributed by atoms with Crippen molar-refractivity contribution in [3.63, 3.8) is 0 Å². The number of aromatic nitrogens is 1. The second-order valence-corrected chi connectivity index (χ2v) is 8.14. The van der Waals surface area contributed by atoms with E-state index >= 15 is 0 Å². The molecule has 0 radical (unpaired) electrons. The molecule has 2 N–H and O–H groups in total. The van der Waals surface area contributed by atoms with Gasteiger partial charge in [-0.2, -0.15) is 0 Å². The van der Waals surface area contributed by atoms with E-state index in [1.807, 2.05) is 14.1 Å². The smallest absolute Gasteiger partial charge is 0.355 e. The fourth-order valence-electron chi connectivity index (χ4n) is 4.08. The van der Waals surface area contributed by atoms with Crippen LogP contribution in [-0.2, 0) is 14.3 Å². The highest BCUT2D eigenvalue weighted by atomic mass is 16.5. The first-order chi connectivity index (χ1) is 15.2. The number of ketones is 1. The van der Waals surface area contributed by atoms with Crippen molar-refractivity contribution in [2.75, 3.05) is 33.8 Å². The molecule has 3 rings (SSSR count). The Labute approximate surface area is 186 Å². The predicted octanol–water partition coefficient (Wildman–Crippen LogP) is 0.160. The maximum absolute atomic E-state index is 13.6. The van der Waals surface area contributed by atoms with Gasteiger partial charge in [0, 0.05) is 24.2 Å². The second-order valence-electron chi connectivity index (χ2n) is 8.14. The van der Waals surface area contributed by atoms with E-state index < -0.39 is 29.5 Å². The maximum Gasteiger partial charge on any atom is 0.355 e. The van der Waals surface area contributed by atoms with Gasteiger partial charge in [-0.3, -0.25) is 9.59 Å². The lowest BCUT2D eigenvalue weighted by Crippen LogP contribution is -3.05. The van der Waals surface area contributed by atoms with Gasteiger partial charge in [-0.1, -0.05) is 5.76 Å². The number of Topliss-reactive ketones (excluding diaryl/α,β-unsaturated/α-hetero) is 1. The summed E-state index contributed by atoms with van der Waals surface area (Å²) < 4.78 is 10.6. The number of quaternary nitrogens is 1. The third kappa shape index (κ3) is 4.20. The Balaban J connectivity index is 2.10. The highest BCUT2D eigenvalue weighted by Crippen LogP contribution is 2.40. The van der Waals surface area contributed by atoms with Crippen molar-refractivity contribution < 1.29 is 33.5 Å². The molecule has 1 amide bonds. The molecule has 1 unspecified atom stereocenters. The summed E-state index contributed by atoms with van der Waals surface area (Å²) in [4.78, 5) is 43.6. The Bertz CT molecular complexity index is 1050. The van der Waals surface area contributed by atoms with Gasteiger partial charge in [0.25, 0.3) is 5.91 Å². The van der Waals surface area contributed by atoms with Gasteiger partial charge in [0.15, 0.2) is 0 Å². The molecule has 9 nitrogen and oxygen atoms in total. The van der Waals surface area contributed by atoms with Crippen LogP contribution in [0.5, 0.6) is 0 Å². The van der Waals surface area contributed by atoms with Crippen LogP contribution in [0.1, 0.15) is 52.5 Å². The summed E-state index contributed by atoms with van der Waals surface area (Å²) in [5, 5.41) is 13.6. The van der Waals surface area contributed by atoms with Crippen LogP contribution in [0.4, 0.5) is 0 Å². The Morgan fingerprint density at radius 3 is 2.62 bits per heavy atom. The third-order valence-corrected chi connectivity index (χ3v) is 5.56. The lowest BCUT2D eigenvalue weighted by Gasteiger charge is -2.26. The van der Waals surface area contributed by atoms with Crippen LogP contribution in [0.15, 0.2) is 28.4 Å². The number of hydrogen-bond acceptors (Lipinski definition) is 6. The van der Waals surface area contributed by atoms with E-state index in [-0.39, 0.29) is 23.4 Å². The second kappa shape index (κ2) is 9.44. The minimum atomic E-state index is -0.908. The Morgan fingerprint density at radius 1 is 1.31 bits per heavy atom. The average Bonchev–Trinajstić information content (AvgIpc) is 3.41. The van der Waals surface area contributed by atoms with Crippen molar-refractivity contribution in [2.24, 2.45) is 0 Å². The fraction of sp³-hybridized carbons (Fsp3) is 0.435. The fourth-order valence-corrected chi connectivity index (χ4v) is 4.08. The summed E-state index contributed by atoms with van der Waals surface area (Å²) in [5.41, 5.74) is 0.997. The molecule has 0 aliphatic carbocycles. The zero-order valence-electron chi connectivity index (χ0n) is 19.0. The van der Waals surface area contributed by atoms with E-state index in [1.165, 1.54) is 16.1 Å². The SMILES string of the molecule is CCOC(=O)c1[nH]c(C)c(C([O-])=C2C(=O)C(=O)N(CCC[NH+](C)C)C2c2ccco2)c1C. The van der Waals surface area contributed by atoms with Crippen LogP contribution in [0.2, 0.25) is 0 Å². The number of ether oxygens (including phenoxy) is 1. The van der Waals surface area contributed by atoms with Crippen LogP contribution in [-0.4, -0.2) is 61.3 Å². The molecule has 2 aromatic rings. The molecule has 1 aliphatic rings. The molecule has 172 valence electrons. The number of rotatable bonds is 8. The first kappa shape index (κ1) is 23.3. The molecular weight excluding hydrogens is 414 g/mol. The molecule has 1 saturated heterocycles. The minimum Gasteiger partial charge on any atom is -0.872 e. The number of carbonyl (C=O) groups is 3. The largest absolute Gasteiger partial charge is 0.872 e. The summed E-state index contributed by atoms with van der Waals surface area (Å²) >= 11 is 0. The number of amides is 1. The lowest BCUT2D eigenvalue weighted by atomic mass is 9.97. The van der Waals surface area contributed by atoms with E-state index in [4.69, 9.17) is 9.15 Å². The normalized spacial score (nSPS) is 18.1. The van der Waals surface area contributed by atoms with E-state index in [0.717, 1.165) is 6.54 Å². The molecule has 3 heterocycles. The van der Waals surface area contributed by atoms with Crippen molar-refractivity contribution in [1.82, 2.24) is 9.88 Å². The number of aryl methyl sites for hydroxylation is 1. The van der Waals surface area contributed by atoms with Crippen LogP contribution in [0, 0.1) is 13.8 Å². The van der Waals surface area contributed by atoms with Gasteiger partial charge in [0.2, 0.25) is 5.78 Å². The number of esters is 1. The van der Waals surface area contributed by atoms with Crippen molar-refractivity contribution in [3.8, 4) is 0 Å². The van der Waals surface area contributed by atoms with E-state index in [9.17, 15) is 19.5 Å². The number of nitrogens with one attached hydrogen (secondary N) is 2. The topological polar surface area (TPSA) is 120 Å². The molecule has 1 aliphatic heterocycles. The number of nitrogens with zero attached hydrogens (tertiary/aromatic N) is 1. The zero-order valence-corrected chi connectivity index (χ0v) is 19.0. The van der Waals surface area contributed by atoms with Gasteiger partial charge in [-0.15, -0.1) is 0 Å². The molecule has 1 atom stereocenters. The van der Waals surface area contributed by atoms with E-state index in [2.05, 4.69) is 4.98 Å². The van der Waals surface area contributed by atoms with Crippen LogP contribution >= 0.6 is 0 Å². The maximum atomic E-state index is 13.6. The minimum absolute atomic E-state index is 0.158. The van der Waals surface area contributed by atoms with Gasteiger partial charge >= 0.3 is 5.97 Å². The molecule has 2 aromatic heterocycles. The number of likely N-dealkylation sites (tertiary alicyclic amines) is 1. The van der Waals surface area contributed by atoms with Crippen molar-refractivity contribution >= 4 is 23.4 Å². The van der Waals surface area contributed by atoms with Gasteiger partial charge in [-0.25, -0.2) is 4.79 Å². The Morgan fingerprint density at radius 2 is 2.03 bits per heavy atom. The Kier molecular flexibility index (Phi) is 6.88. The number of furan rings is 1. The van der Waals surface area contributed by atoms with Crippen LogP contribution < -0.4 is 10.0 Å². The van der Waals surface area contributed by atoms with Crippen LogP contribution in [0.3, 0.4) is 0 Å². The van der Waals surface area contributed by atoms with Crippen molar-refractivity contribution in [3.05, 3.63) is 52.2 Å². The molecule has 1 fully saturated rings.